The number of methoxy groups -OCH3 is 1. The molecule has 34 heavy (non-hydrogen) atoms. The van der Waals surface area contributed by atoms with Gasteiger partial charge in [-0.05, 0) is 62.6 Å². The topological polar surface area (TPSA) is 76.6 Å². The van der Waals surface area contributed by atoms with Crippen molar-refractivity contribution in [3.63, 3.8) is 0 Å². The molecule has 0 radical (unpaired) electrons. The van der Waals surface area contributed by atoms with Crippen LogP contribution in [0.15, 0.2) is 60.7 Å². The average molecular weight is 459 g/mol. The van der Waals surface area contributed by atoms with Gasteiger partial charge in [0.25, 0.3) is 0 Å². The molecule has 3 aromatic rings. The van der Waals surface area contributed by atoms with Gasteiger partial charge >= 0.3 is 6.09 Å². The molecule has 176 valence electrons. The highest BCUT2D eigenvalue weighted by Gasteiger charge is 2.42. The predicted octanol–water partition coefficient (Wildman–Crippen LogP) is 4.89. The van der Waals surface area contributed by atoms with Crippen LogP contribution < -0.4 is 10.1 Å². The number of amides is 1. The molecule has 0 aliphatic carbocycles. The lowest BCUT2D eigenvalue weighted by Gasteiger charge is -2.49. The fraction of sp³-hybridized carbons (Fsp3) is 0.370. The van der Waals surface area contributed by atoms with E-state index in [2.05, 4.69) is 16.3 Å². The number of benzene rings is 2. The van der Waals surface area contributed by atoms with Crippen LogP contribution in [-0.2, 0) is 4.74 Å². The number of anilines is 1. The van der Waals surface area contributed by atoms with Crippen LogP contribution in [0.5, 0.6) is 5.75 Å². The zero-order valence-electron chi connectivity index (χ0n) is 19.6. The van der Waals surface area contributed by atoms with Gasteiger partial charge < -0.3 is 9.47 Å². The molecule has 4 heterocycles. The Bertz CT molecular complexity index is 1150. The Hall–Kier alpha value is -3.45. The number of hydrogen-bond acceptors (Lipinski definition) is 6. The second kappa shape index (κ2) is 9.81. The number of aryl methyl sites for hydroxylation is 1. The Morgan fingerprint density at radius 2 is 1.91 bits per heavy atom. The largest absolute Gasteiger partial charge is 0.496 e. The number of carbonyl (C=O) groups excluding carboxylic acids is 1. The molecular weight excluding hydrogens is 428 g/mol. The van der Waals surface area contributed by atoms with Crippen molar-refractivity contribution in [2.75, 3.05) is 32.1 Å². The number of nitrogens with zero attached hydrogens (tertiary/aromatic N) is 3. The Morgan fingerprint density at radius 1 is 1.12 bits per heavy atom. The second-order valence-corrected chi connectivity index (χ2v) is 9.05. The fourth-order valence-electron chi connectivity index (χ4n) is 5.27. The van der Waals surface area contributed by atoms with Gasteiger partial charge in [-0.2, -0.15) is 0 Å². The zero-order chi connectivity index (χ0) is 23.5. The van der Waals surface area contributed by atoms with Gasteiger partial charge in [0.1, 0.15) is 18.2 Å². The Morgan fingerprint density at radius 3 is 2.68 bits per heavy atom. The lowest BCUT2D eigenvalue weighted by Crippen LogP contribution is -2.54. The summed E-state index contributed by atoms with van der Waals surface area (Å²) in [6.45, 7) is 4.29. The van der Waals surface area contributed by atoms with Gasteiger partial charge in [0.2, 0.25) is 0 Å². The summed E-state index contributed by atoms with van der Waals surface area (Å²) in [5, 5.41) is 2.79. The van der Waals surface area contributed by atoms with Crippen LogP contribution >= 0.6 is 0 Å². The van der Waals surface area contributed by atoms with Crippen molar-refractivity contribution in [2.24, 2.45) is 5.92 Å². The molecule has 3 aliphatic rings. The van der Waals surface area contributed by atoms with Gasteiger partial charge in [-0.25, -0.2) is 14.8 Å². The number of aromatic nitrogens is 2. The third-order valence-corrected chi connectivity index (χ3v) is 6.93. The van der Waals surface area contributed by atoms with Gasteiger partial charge in [0, 0.05) is 35.4 Å². The van der Waals surface area contributed by atoms with E-state index in [-0.39, 0.29) is 6.04 Å². The molecule has 2 aromatic carbocycles. The van der Waals surface area contributed by atoms with E-state index >= 15 is 0 Å². The van der Waals surface area contributed by atoms with Crippen LogP contribution in [0.3, 0.4) is 0 Å². The van der Waals surface area contributed by atoms with Crippen molar-refractivity contribution in [3.8, 4) is 17.0 Å². The van der Waals surface area contributed by atoms with E-state index in [1.54, 1.807) is 7.11 Å². The Labute approximate surface area is 200 Å². The quantitative estimate of drug-likeness (QED) is 0.567. The van der Waals surface area contributed by atoms with Crippen molar-refractivity contribution in [3.05, 3.63) is 72.2 Å². The summed E-state index contributed by atoms with van der Waals surface area (Å²) in [4.78, 5) is 24.2. The monoisotopic (exact) mass is 458 g/mol. The number of carbonyl (C=O) groups is 1. The van der Waals surface area contributed by atoms with Crippen LogP contribution in [0, 0.1) is 12.8 Å². The summed E-state index contributed by atoms with van der Waals surface area (Å²) in [5.74, 6) is 2.44. The van der Waals surface area contributed by atoms with E-state index < -0.39 is 6.09 Å². The van der Waals surface area contributed by atoms with E-state index in [4.69, 9.17) is 19.4 Å². The van der Waals surface area contributed by atoms with Crippen molar-refractivity contribution in [1.29, 1.82) is 0 Å². The summed E-state index contributed by atoms with van der Waals surface area (Å²) in [6, 6.07) is 19.7. The van der Waals surface area contributed by atoms with Crippen molar-refractivity contribution in [2.45, 2.75) is 31.7 Å². The molecule has 6 rings (SSSR count). The molecule has 1 N–H and O–H groups in total. The van der Waals surface area contributed by atoms with Crippen molar-refractivity contribution < 1.29 is 14.3 Å². The molecule has 1 aromatic heterocycles. The van der Waals surface area contributed by atoms with Gasteiger partial charge in [0.15, 0.2) is 0 Å². The minimum atomic E-state index is -0.404. The number of nitrogens with one attached hydrogen (secondary N) is 1. The maximum absolute atomic E-state index is 12.2. The number of hydrogen-bond donors (Lipinski definition) is 1. The van der Waals surface area contributed by atoms with E-state index in [0.29, 0.717) is 18.4 Å². The molecular formula is C27H30N4O3. The summed E-state index contributed by atoms with van der Waals surface area (Å²) in [6.07, 6.45) is 1.72. The smallest absolute Gasteiger partial charge is 0.411 e. The first-order valence-corrected chi connectivity index (χ1v) is 11.8. The highest BCUT2D eigenvalue weighted by molar-refractivity contribution is 5.84. The molecule has 7 nitrogen and oxygen atoms in total. The lowest BCUT2D eigenvalue weighted by molar-refractivity contribution is -0.00151. The van der Waals surface area contributed by atoms with E-state index in [1.807, 2.05) is 61.5 Å². The van der Waals surface area contributed by atoms with E-state index in [9.17, 15) is 4.79 Å². The molecule has 4 atom stereocenters. The van der Waals surface area contributed by atoms with Gasteiger partial charge in [-0.3, -0.25) is 10.2 Å². The lowest BCUT2D eigenvalue weighted by atomic mass is 9.74. The van der Waals surface area contributed by atoms with Crippen LogP contribution in [0.1, 0.15) is 30.3 Å². The molecule has 1 amide bonds. The van der Waals surface area contributed by atoms with Gasteiger partial charge in [-0.1, -0.05) is 30.3 Å². The zero-order valence-corrected chi connectivity index (χ0v) is 19.6. The molecule has 2 bridgehead atoms. The Kier molecular flexibility index (Phi) is 6.45. The summed E-state index contributed by atoms with van der Waals surface area (Å²) in [7, 11) is 1.68. The third-order valence-electron chi connectivity index (χ3n) is 6.93. The number of fused-ring (bicyclic) bond motifs is 3. The van der Waals surface area contributed by atoms with Crippen LogP contribution in [0.25, 0.3) is 11.3 Å². The molecule has 4 unspecified atom stereocenters. The molecule has 3 aliphatic heterocycles. The maximum atomic E-state index is 12.2. The van der Waals surface area contributed by atoms with Crippen molar-refractivity contribution in [1.82, 2.24) is 14.9 Å². The maximum Gasteiger partial charge on any atom is 0.411 e. The summed E-state index contributed by atoms with van der Waals surface area (Å²) in [5.41, 5.74) is 3.70. The normalized spacial score (nSPS) is 23.4. The molecule has 0 saturated carbocycles. The first-order chi connectivity index (χ1) is 16.6. The molecule has 0 spiro atoms. The first-order valence-electron chi connectivity index (χ1n) is 11.8. The SMILES string of the molecule is COc1ccccc1-c1cc(C2CN3CCC2CC3COC(=O)Nc2ccccc2)nc(C)n1. The van der Waals surface area contributed by atoms with Gasteiger partial charge in [-0.15, -0.1) is 0 Å². The Balaban J connectivity index is 1.26. The second-order valence-electron chi connectivity index (χ2n) is 9.05. The first kappa shape index (κ1) is 22.3. The summed E-state index contributed by atoms with van der Waals surface area (Å²) >= 11 is 0. The number of para-hydroxylation sites is 2. The van der Waals surface area contributed by atoms with Crippen LogP contribution in [-0.4, -0.2) is 53.8 Å². The predicted molar refractivity (Wildman–Crippen MR) is 131 cm³/mol. The molecule has 3 fully saturated rings. The standard InChI is InChI=1S/C27H30N4O3/c1-18-28-24(22-10-6-7-11-26(22)33-2)15-25(29-18)23-16-31-13-12-19(23)14-21(31)17-34-27(32)30-20-8-4-3-5-9-20/h3-11,15,19,21,23H,12-14,16-17H2,1-2H3,(H,30,32). The third kappa shape index (κ3) is 4.75. The number of rotatable bonds is 6. The number of ether oxygens (including phenoxy) is 2. The minimum absolute atomic E-state index is 0.244. The molecule has 3 saturated heterocycles. The highest BCUT2D eigenvalue weighted by Crippen LogP contribution is 2.42. The number of piperidine rings is 3. The van der Waals surface area contributed by atoms with Gasteiger partial charge in [0.05, 0.1) is 12.8 Å². The highest BCUT2D eigenvalue weighted by atomic mass is 16.5. The van der Waals surface area contributed by atoms with E-state index in [1.165, 1.54) is 0 Å². The summed E-state index contributed by atoms with van der Waals surface area (Å²) < 4.78 is 11.1. The van der Waals surface area contributed by atoms with Crippen molar-refractivity contribution >= 4 is 11.8 Å². The fourth-order valence-corrected chi connectivity index (χ4v) is 5.27. The molecule has 7 heteroatoms. The van der Waals surface area contributed by atoms with Crippen LogP contribution in [0.2, 0.25) is 0 Å². The van der Waals surface area contributed by atoms with Crippen LogP contribution in [0.4, 0.5) is 10.5 Å². The average Bonchev–Trinajstić information content (AvgIpc) is 2.88. The van der Waals surface area contributed by atoms with E-state index in [0.717, 1.165) is 60.1 Å². The minimum Gasteiger partial charge on any atom is -0.496 e.